The van der Waals surface area contributed by atoms with E-state index in [0.717, 1.165) is 38.3 Å². The summed E-state index contributed by atoms with van der Waals surface area (Å²) < 4.78 is 0. The van der Waals surface area contributed by atoms with Crippen LogP contribution in [0.25, 0.3) is 0 Å². The fourth-order valence-electron chi connectivity index (χ4n) is 4.18. The van der Waals surface area contributed by atoms with Gasteiger partial charge in [0.05, 0.1) is 10.6 Å². The molecule has 3 aromatic rings. The molecule has 0 spiro atoms. The highest BCUT2D eigenvalue weighted by atomic mass is 35.5. The fraction of sp³-hybridized carbons (Fsp3) is 0.320. The lowest BCUT2D eigenvalue weighted by molar-refractivity contribution is 0.327. The Balaban J connectivity index is 1.58. The molecule has 0 aliphatic carbocycles. The largest absolute Gasteiger partial charge is 0.363 e. The molecule has 4 rings (SSSR count). The van der Waals surface area contributed by atoms with Crippen molar-refractivity contribution < 1.29 is 0 Å². The van der Waals surface area contributed by atoms with Crippen LogP contribution in [0, 0.1) is 25.2 Å². The first-order valence-electron chi connectivity index (χ1n) is 10.3. The number of benzene rings is 2. The maximum absolute atomic E-state index is 9.25. The van der Waals surface area contributed by atoms with Crippen LogP contribution in [-0.2, 0) is 13.1 Å². The van der Waals surface area contributed by atoms with Gasteiger partial charge < -0.3 is 4.90 Å². The van der Waals surface area contributed by atoms with Gasteiger partial charge in [0.25, 0.3) is 0 Å². The standard InChI is InChI=1S/C25H26ClN3S/c1-18-5-3-4-6-21(18)15-29(22-9-8-20(14-27)25(26)13-22)23-11-12-28(16-23)17-24-10-7-19(2)30-24/h3-10,13,23H,11-12,15-17H2,1-2H3/t23-/m0/s1. The molecule has 1 atom stereocenters. The minimum absolute atomic E-state index is 0.412. The van der Waals surface area contributed by atoms with E-state index in [4.69, 9.17) is 11.6 Å². The van der Waals surface area contributed by atoms with Gasteiger partial charge in [0.2, 0.25) is 0 Å². The molecule has 1 fully saturated rings. The zero-order valence-corrected chi connectivity index (χ0v) is 19.0. The Kier molecular flexibility index (Phi) is 6.43. The normalized spacial score (nSPS) is 16.5. The second kappa shape index (κ2) is 9.22. The van der Waals surface area contributed by atoms with E-state index >= 15 is 0 Å². The van der Waals surface area contributed by atoms with Crippen LogP contribution in [0.2, 0.25) is 5.02 Å². The highest BCUT2D eigenvalue weighted by Crippen LogP contribution is 2.30. The van der Waals surface area contributed by atoms with Crippen LogP contribution in [0.3, 0.4) is 0 Å². The van der Waals surface area contributed by atoms with Gasteiger partial charge in [0.1, 0.15) is 6.07 Å². The Morgan fingerprint density at radius 2 is 2.00 bits per heavy atom. The van der Waals surface area contributed by atoms with Gasteiger partial charge >= 0.3 is 0 Å². The van der Waals surface area contributed by atoms with Crippen molar-refractivity contribution in [2.75, 3.05) is 18.0 Å². The van der Waals surface area contributed by atoms with E-state index in [1.807, 2.05) is 29.5 Å². The van der Waals surface area contributed by atoms with Gasteiger partial charge in [-0.25, -0.2) is 0 Å². The zero-order chi connectivity index (χ0) is 21.1. The quantitative estimate of drug-likeness (QED) is 0.463. The number of hydrogen-bond acceptors (Lipinski definition) is 4. The summed E-state index contributed by atoms with van der Waals surface area (Å²) in [6.45, 7) is 8.31. The Labute approximate surface area is 188 Å². The van der Waals surface area contributed by atoms with Crippen molar-refractivity contribution in [1.29, 1.82) is 5.26 Å². The molecule has 0 N–H and O–H groups in total. The lowest BCUT2D eigenvalue weighted by atomic mass is 10.1. The van der Waals surface area contributed by atoms with E-state index in [0.29, 0.717) is 16.6 Å². The summed E-state index contributed by atoms with van der Waals surface area (Å²) in [4.78, 5) is 7.82. The topological polar surface area (TPSA) is 30.3 Å². The fourth-order valence-corrected chi connectivity index (χ4v) is 5.33. The summed E-state index contributed by atoms with van der Waals surface area (Å²) in [6, 6.07) is 21.4. The summed E-state index contributed by atoms with van der Waals surface area (Å²) in [5.41, 5.74) is 4.23. The molecule has 0 amide bonds. The third-order valence-electron chi connectivity index (χ3n) is 5.87. The highest BCUT2D eigenvalue weighted by Gasteiger charge is 2.29. The van der Waals surface area contributed by atoms with Crippen LogP contribution in [0.15, 0.2) is 54.6 Å². The number of nitrogens with zero attached hydrogens (tertiary/aromatic N) is 3. The second-order valence-corrected chi connectivity index (χ2v) is 9.80. The molecule has 3 nitrogen and oxygen atoms in total. The van der Waals surface area contributed by atoms with E-state index in [-0.39, 0.29) is 0 Å². The molecule has 1 saturated heterocycles. The average molecular weight is 436 g/mol. The summed E-state index contributed by atoms with van der Waals surface area (Å²) >= 11 is 8.28. The van der Waals surface area contributed by atoms with Gasteiger partial charge in [-0.2, -0.15) is 5.26 Å². The Hall–Kier alpha value is -2.32. The zero-order valence-electron chi connectivity index (χ0n) is 17.4. The third kappa shape index (κ3) is 4.70. The van der Waals surface area contributed by atoms with Gasteiger partial charge in [0, 0.05) is 47.7 Å². The van der Waals surface area contributed by atoms with Crippen molar-refractivity contribution in [3.05, 3.63) is 86.1 Å². The first kappa shape index (κ1) is 20.9. The number of anilines is 1. The van der Waals surface area contributed by atoms with Crippen LogP contribution in [0.5, 0.6) is 0 Å². The van der Waals surface area contributed by atoms with Gasteiger partial charge in [-0.1, -0.05) is 35.9 Å². The number of halogens is 1. The number of nitriles is 1. The number of rotatable bonds is 6. The SMILES string of the molecule is Cc1ccc(CN2CC[C@H](N(Cc3ccccc3C)c3ccc(C#N)c(Cl)c3)C2)s1. The molecular formula is C25H26ClN3S. The van der Waals surface area contributed by atoms with Crippen molar-refractivity contribution in [3.63, 3.8) is 0 Å². The molecule has 1 aliphatic rings. The molecule has 30 heavy (non-hydrogen) atoms. The van der Waals surface area contributed by atoms with Crippen molar-refractivity contribution >= 4 is 28.6 Å². The first-order valence-corrected chi connectivity index (χ1v) is 11.5. The van der Waals surface area contributed by atoms with E-state index in [1.54, 1.807) is 0 Å². The second-order valence-electron chi connectivity index (χ2n) is 8.02. The molecule has 0 radical (unpaired) electrons. The minimum Gasteiger partial charge on any atom is -0.363 e. The van der Waals surface area contributed by atoms with E-state index in [2.05, 4.69) is 66.1 Å². The minimum atomic E-state index is 0.412. The average Bonchev–Trinajstić information content (AvgIpc) is 3.36. The highest BCUT2D eigenvalue weighted by molar-refractivity contribution is 7.11. The summed E-state index contributed by atoms with van der Waals surface area (Å²) in [6.07, 6.45) is 1.12. The number of thiophene rings is 1. The van der Waals surface area contributed by atoms with Crippen molar-refractivity contribution in [2.24, 2.45) is 0 Å². The van der Waals surface area contributed by atoms with Crippen LogP contribution in [-0.4, -0.2) is 24.0 Å². The number of aryl methyl sites for hydroxylation is 2. The maximum Gasteiger partial charge on any atom is 0.101 e. The van der Waals surface area contributed by atoms with Gasteiger partial charge in [-0.3, -0.25) is 4.90 Å². The summed E-state index contributed by atoms with van der Waals surface area (Å²) in [5, 5.41) is 9.78. The van der Waals surface area contributed by atoms with Crippen molar-refractivity contribution in [3.8, 4) is 6.07 Å². The predicted octanol–water partition coefficient (Wildman–Crippen LogP) is 6.17. The molecule has 154 valence electrons. The Bertz CT molecular complexity index is 1070. The summed E-state index contributed by atoms with van der Waals surface area (Å²) in [7, 11) is 0. The molecule has 1 aliphatic heterocycles. The molecular weight excluding hydrogens is 410 g/mol. The van der Waals surface area contributed by atoms with Gasteiger partial charge in [-0.05, 0) is 61.7 Å². The Morgan fingerprint density at radius 1 is 1.17 bits per heavy atom. The van der Waals surface area contributed by atoms with Crippen LogP contribution in [0.1, 0.15) is 32.9 Å². The third-order valence-corrected chi connectivity index (χ3v) is 7.17. The van der Waals surface area contributed by atoms with Crippen LogP contribution in [0.4, 0.5) is 5.69 Å². The van der Waals surface area contributed by atoms with Crippen LogP contribution >= 0.6 is 22.9 Å². The van der Waals surface area contributed by atoms with E-state index in [1.165, 1.54) is 20.9 Å². The molecule has 5 heteroatoms. The predicted molar refractivity (Wildman–Crippen MR) is 126 cm³/mol. The molecule has 1 aromatic heterocycles. The molecule has 0 bridgehead atoms. The van der Waals surface area contributed by atoms with Crippen molar-refractivity contribution in [1.82, 2.24) is 4.90 Å². The number of hydrogen-bond donors (Lipinski definition) is 0. The molecule has 0 saturated carbocycles. The lowest BCUT2D eigenvalue weighted by Gasteiger charge is -2.32. The molecule has 2 heterocycles. The van der Waals surface area contributed by atoms with Crippen LogP contribution < -0.4 is 4.90 Å². The summed E-state index contributed by atoms with van der Waals surface area (Å²) in [5.74, 6) is 0. The monoisotopic (exact) mass is 435 g/mol. The maximum atomic E-state index is 9.25. The lowest BCUT2D eigenvalue weighted by Crippen LogP contribution is -2.37. The first-order chi connectivity index (χ1) is 14.5. The van der Waals surface area contributed by atoms with Gasteiger partial charge in [0.15, 0.2) is 0 Å². The van der Waals surface area contributed by atoms with Gasteiger partial charge in [-0.15, -0.1) is 11.3 Å². The molecule has 2 aromatic carbocycles. The van der Waals surface area contributed by atoms with E-state index in [9.17, 15) is 5.26 Å². The van der Waals surface area contributed by atoms with E-state index < -0.39 is 0 Å². The number of likely N-dealkylation sites (tertiary alicyclic amines) is 1. The molecule has 0 unspecified atom stereocenters. The Morgan fingerprint density at radius 3 is 2.70 bits per heavy atom. The smallest absolute Gasteiger partial charge is 0.101 e. The van der Waals surface area contributed by atoms with Crippen molar-refractivity contribution in [2.45, 2.75) is 39.4 Å².